The van der Waals surface area contributed by atoms with Crippen LogP contribution in [0.5, 0.6) is 11.6 Å². The molecule has 5 rings (SSSR count). The topological polar surface area (TPSA) is 74.5 Å². The van der Waals surface area contributed by atoms with Crippen LogP contribution in [0, 0.1) is 5.82 Å². The molecule has 2 aromatic carbocycles. The van der Waals surface area contributed by atoms with Gasteiger partial charge in [-0.3, -0.25) is 0 Å². The predicted octanol–water partition coefficient (Wildman–Crippen LogP) is 5.20. The second kappa shape index (κ2) is 7.60. The number of rotatable bonds is 3. The lowest BCUT2D eigenvalue weighted by Crippen LogP contribution is -2.49. The largest absolute Gasteiger partial charge is 0.484 e. The molecule has 0 radical (unpaired) electrons. The van der Waals surface area contributed by atoms with E-state index in [-0.39, 0.29) is 11.1 Å². The van der Waals surface area contributed by atoms with Gasteiger partial charge in [-0.15, -0.1) is 0 Å². The Morgan fingerprint density at radius 2 is 1.97 bits per heavy atom. The summed E-state index contributed by atoms with van der Waals surface area (Å²) in [5.74, 6) is 0.585. The molecule has 0 amide bonds. The molecule has 162 valence electrons. The Balaban J connectivity index is 1.46. The first-order valence-corrected chi connectivity index (χ1v) is 10.4. The second-order valence-corrected chi connectivity index (χ2v) is 8.54. The third kappa shape index (κ3) is 3.80. The van der Waals surface area contributed by atoms with Crippen LogP contribution in [0.4, 0.5) is 4.39 Å². The van der Waals surface area contributed by atoms with Crippen LogP contribution >= 0.6 is 11.6 Å². The molecule has 0 saturated carbocycles. The maximum atomic E-state index is 13.4. The summed E-state index contributed by atoms with van der Waals surface area (Å²) in [6.45, 7) is 3.84. The monoisotopic (exact) mass is 452 g/mol. The Morgan fingerprint density at radius 3 is 2.78 bits per heavy atom. The van der Waals surface area contributed by atoms with Crippen molar-refractivity contribution in [3.63, 3.8) is 0 Å². The van der Waals surface area contributed by atoms with Crippen LogP contribution in [0.15, 0.2) is 64.1 Å². The van der Waals surface area contributed by atoms with Gasteiger partial charge >= 0.3 is 5.63 Å². The van der Waals surface area contributed by atoms with Crippen LogP contribution < -0.4 is 15.1 Å². The van der Waals surface area contributed by atoms with Gasteiger partial charge in [0.1, 0.15) is 35.2 Å². The third-order valence-corrected chi connectivity index (χ3v) is 5.78. The SMILES string of the molecule is CC1(C)Oc2cc3oc(=O)ccc3cc2C[C@@H]1Oc1cc(-c2ccc(F)cc2Cl)ncn1. The summed E-state index contributed by atoms with van der Waals surface area (Å²) >= 11 is 6.18. The Morgan fingerprint density at radius 1 is 1.12 bits per heavy atom. The molecule has 0 bridgehead atoms. The quantitative estimate of drug-likeness (QED) is 0.397. The lowest BCUT2D eigenvalue weighted by Gasteiger charge is -2.39. The Kier molecular flexibility index (Phi) is 4.86. The highest BCUT2D eigenvalue weighted by molar-refractivity contribution is 6.33. The smallest absolute Gasteiger partial charge is 0.336 e. The molecule has 1 atom stereocenters. The van der Waals surface area contributed by atoms with E-state index in [0.29, 0.717) is 34.9 Å². The Labute approximate surface area is 187 Å². The fourth-order valence-electron chi connectivity index (χ4n) is 3.77. The van der Waals surface area contributed by atoms with Gasteiger partial charge < -0.3 is 13.9 Å². The van der Waals surface area contributed by atoms with Gasteiger partial charge in [-0.05, 0) is 49.7 Å². The van der Waals surface area contributed by atoms with Crippen molar-refractivity contribution in [3.8, 4) is 22.9 Å². The number of nitrogens with zero attached hydrogens (tertiary/aromatic N) is 2. The van der Waals surface area contributed by atoms with Gasteiger partial charge in [0.25, 0.3) is 0 Å². The van der Waals surface area contributed by atoms with Crippen LogP contribution in [-0.2, 0) is 6.42 Å². The van der Waals surface area contributed by atoms with Crippen LogP contribution in [0.3, 0.4) is 0 Å². The molecule has 1 aliphatic rings. The highest BCUT2D eigenvalue weighted by Gasteiger charge is 2.39. The van der Waals surface area contributed by atoms with Crippen molar-refractivity contribution in [1.82, 2.24) is 9.97 Å². The van der Waals surface area contributed by atoms with Gasteiger partial charge in [-0.25, -0.2) is 19.2 Å². The fourth-order valence-corrected chi connectivity index (χ4v) is 4.03. The minimum atomic E-state index is -0.686. The van der Waals surface area contributed by atoms with Gasteiger partial charge in [0, 0.05) is 35.6 Å². The van der Waals surface area contributed by atoms with Crippen LogP contribution in [0.1, 0.15) is 19.4 Å². The van der Waals surface area contributed by atoms with Gasteiger partial charge in [0.2, 0.25) is 5.88 Å². The average molecular weight is 453 g/mol. The summed E-state index contributed by atoms with van der Waals surface area (Å²) < 4.78 is 31.1. The van der Waals surface area contributed by atoms with E-state index in [9.17, 15) is 9.18 Å². The number of hydrogen-bond donors (Lipinski definition) is 0. The number of hydrogen-bond acceptors (Lipinski definition) is 6. The van der Waals surface area contributed by atoms with Gasteiger partial charge in [-0.1, -0.05) is 11.6 Å². The number of benzene rings is 2. The van der Waals surface area contributed by atoms with Crippen LogP contribution in [0.25, 0.3) is 22.2 Å². The number of ether oxygens (including phenoxy) is 2. The van der Waals surface area contributed by atoms with Crippen molar-refractivity contribution in [3.05, 3.63) is 81.7 Å². The van der Waals surface area contributed by atoms with E-state index in [2.05, 4.69) is 9.97 Å². The van der Waals surface area contributed by atoms with Gasteiger partial charge in [-0.2, -0.15) is 0 Å². The summed E-state index contributed by atoms with van der Waals surface area (Å²) in [5.41, 5.74) is 1.42. The molecule has 8 heteroatoms. The molecular weight excluding hydrogens is 435 g/mol. The summed E-state index contributed by atoms with van der Waals surface area (Å²) in [4.78, 5) is 20.0. The predicted molar refractivity (Wildman–Crippen MR) is 118 cm³/mol. The molecule has 0 fully saturated rings. The molecule has 4 aromatic rings. The zero-order valence-electron chi connectivity index (χ0n) is 17.3. The Hall–Kier alpha value is -3.45. The average Bonchev–Trinajstić information content (AvgIpc) is 2.73. The second-order valence-electron chi connectivity index (χ2n) is 8.13. The normalized spacial score (nSPS) is 16.9. The first-order valence-electron chi connectivity index (χ1n) is 9.98. The van der Waals surface area contributed by atoms with Crippen molar-refractivity contribution in [2.45, 2.75) is 32.0 Å². The molecule has 1 aliphatic heterocycles. The van der Waals surface area contributed by atoms with Crippen LogP contribution in [-0.4, -0.2) is 21.7 Å². The molecule has 0 unspecified atom stereocenters. The summed E-state index contributed by atoms with van der Waals surface area (Å²) in [7, 11) is 0. The maximum absolute atomic E-state index is 13.4. The number of fused-ring (bicyclic) bond motifs is 2. The minimum Gasteiger partial charge on any atom is -0.484 e. The van der Waals surface area contributed by atoms with Crippen molar-refractivity contribution in [2.24, 2.45) is 0 Å². The van der Waals surface area contributed by atoms with E-state index in [0.717, 1.165) is 10.9 Å². The van der Waals surface area contributed by atoms with Crippen molar-refractivity contribution in [2.75, 3.05) is 0 Å². The summed E-state index contributed by atoms with van der Waals surface area (Å²) in [6.07, 6.45) is 1.59. The van der Waals surface area contributed by atoms with Gasteiger partial charge in [0.15, 0.2) is 0 Å². The van der Waals surface area contributed by atoms with E-state index in [1.807, 2.05) is 19.9 Å². The zero-order valence-corrected chi connectivity index (χ0v) is 18.0. The highest BCUT2D eigenvalue weighted by atomic mass is 35.5. The van der Waals surface area contributed by atoms with Crippen molar-refractivity contribution < 1.29 is 18.3 Å². The van der Waals surface area contributed by atoms with Crippen molar-refractivity contribution in [1.29, 1.82) is 0 Å². The Bertz CT molecular complexity index is 1400. The molecule has 3 heterocycles. The zero-order chi connectivity index (χ0) is 22.5. The minimum absolute atomic E-state index is 0.253. The maximum Gasteiger partial charge on any atom is 0.336 e. The molecule has 2 aromatic heterocycles. The highest BCUT2D eigenvalue weighted by Crippen LogP contribution is 2.38. The lowest BCUT2D eigenvalue weighted by atomic mass is 9.90. The van der Waals surface area contributed by atoms with E-state index in [1.165, 1.54) is 24.5 Å². The number of aromatic nitrogens is 2. The molecule has 0 aliphatic carbocycles. The molecule has 6 nitrogen and oxygen atoms in total. The van der Waals surface area contributed by atoms with Crippen LogP contribution in [0.2, 0.25) is 5.02 Å². The van der Waals surface area contributed by atoms with E-state index in [4.69, 9.17) is 25.5 Å². The fraction of sp³-hybridized carbons (Fsp3) is 0.208. The molecule has 32 heavy (non-hydrogen) atoms. The van der Waals surface area contributed by atoms with Gasteiger partial charge in [0.05, 0.1) is 10.7 Å². The molecular formula is C24H18ClFN2O4. The lowest BCUT2D eigenvalue weighted by molar-refractivity contribution is -0.0287. The van der Waals surface area contributed by atoms with E-state index >= 15 is 0 Å². The molecule has 0 N–H and O–H groups in total. The molecule has 0 spiro atoms. The van der Waals surface area contributed by atoms with E-state index in [1.54, 1.807) is 24.3 Å². The van der Waals surface area contributed by atoms with E-state index < -0.39 is 17.0 Å². The first kappa shape index (κ1) is 20.5. The third-order valence-electron chi connectivity index (χ3n) is 5.47. The van der Waals surface area contributed by atoms with Crippen molar-refractivity contribution >= 4 is 22.6 Å². The first-order chi connectivity index (χ1) is 15.3. The summed E-state index contributed by atoms with van der Waals surface area (Å²) in [5, 5.41) is 1.06. The molecule has 0 saturated heterocycles. The standard InChI is InChI=1S/C24H18ClFN2O4/c1-24(2)21(8-14-7-13-3-6-23(29)30-19(13)11-20(14)32-24)31-22-10-18(27-12-28-22)16-5-4-15(26)9-17(16)25/h3-7,9-12,21H,8H2,1-2H3/t21-/m0/s1. The number of halogens is 2. The summed E-state index contributed by atoms with van der Waals surface area (Å²) in [6, 6.07) is 12.6.